The predicted molar refractivity (Wildman–Crippen MR) is 83.4 cm³/mol. The van der Waals surface area contributed by atoms with Crippen LogP contribution >= 0.6 is 11.8 Å². The SMILES string of the molecule is CN(C)C1Cc2cc(O)ccc2CC1Sc1nc(N)n[nH]1. The van der Waals surface area contributed by atoms with Gasteiger partial charge >= 0.3 is 0 Å². The lowest BCUT2D eigenvalue weighted by Crippen LogP contribution is -2.43. The van der Waals surface area contributed by atoms with Crippen molar-refractivity contribution < 1.29 is 5.11 Å². The van der Waals surface area contributed by atoms with Crippen LogP contribution in [0.2, 0.25) is 0 Å². The van der Waals surface area contributed by atoms with Crippen LogP contribution in [0.25, 0.3) is 0 Å². The number of rotatable bonds is 3. The molecule has 112 valence electrons. The number of H-pyrrole nitrogens is 1. The molecule has 0 fully saturated rings. The first kappa shape index (κ1) is 14.2. The minimum atomic E-state index is 0.278. The summed E-state index contributed by atoms with van der Waals surface area (Å²) in [5.41, 5.74) is 8.08. The molecule has 4 N–H and O–H groups in total. The fourth-order valence-corrected chi connectivity index (χ4v) is 4.09. The first-order valence-electron chi connectivity index (χ1n) is 6.84. The maximum Gasteiger partial charge on any atom is 0.240 e. The van der Waals surface area contributed by atoms with Crippen LogP contribution in [-0.2, 0) is 12.8 Å². The van der Waals surface area contributed by atoms with Crippen LogP contribution < -0.4 is 5.73 Å². The minimum Gasteiger partial charge on any atom is -0.508 e. The van der Waals surface area contributed by atoms with Crippen molar-refractivity contribution in [3.63, 3.8) is 0 Å². The molecule has 6 nitrogen and oxygen atoms in total. The van der Waals surface area contributed by atoms with Crippen molar-refractivity contribution in [1.29, 1.82) is 0 Å². The zero-order chi connectivity index (χ0) is 15.0. The molecule has 0 saturated carbocycles. The van der Waals surface area contributed by atoms with Crippen molar-refractivity contribution >= 4 is 17.7 Å². The number of phenolic OH excluding ortho intramolecular Hbond substituents is 1. The third kappa shape index (κ3) is 2.98. The largest absolute Gasteiger partial charge is 0.508 e. The van der Waals surface area contributed by atoms with E-state index in [0.717, 1.165) is 18.0 Å². The molecule has 0 spiro atoms. The van der Waals surface area contributed by atoms with Gasteiger partial charge in [-0.2, -0.15) is 4.98 Å². The van der Waals surface area contributed by atoms with E-state index in [9.17, 15) is 5.11 Å². The van der Waals surface area contributed by atoms with E-state index in [1.165, 1.54) is 11.1 Å². The Balaban J connectivity index is 1.86. The molecule has 1 aliphatic carbocycles. The fourth-order valence-electron chi connectivity index (χ4n) is 2.80. The number of phenols is 1. The summed E-state index contributed by atoms with van der Waals surface area (Å²) in [7, 11) is 4.17. The number of likely N-dealkylation sites (N-methyl/N-ethyl adjacent to an activating group) is 1. The van der Waals surface area contributed by atoms with Gasteiger partial charge in [-0.05, 0) is 50.2 Å². The Bertz CT molecular complexity index is 642. The number of anilines is 1. The van der Waals surface area contributed by atoms with E-state index in [-0.39, 0.29) is 5.95 Å². The highest BCUT2D eigenvalue weighted by atomic mass is 32.2. The van der Waals surface area contributed by atoms with Crippen molar-refractivity contribution in [1.82, 2.24) is 20.1 Å². The van der Waals surface area contributed by atoms with Crippen molar-refractivity contribution in [2.45, 2.75) is 29.3 Å². The number of nitrogens with one attached hydrogen (secondary N) is 1. The molecule has 0 bridgehead atoms. The number of aromatic nitrogens is 3. The van der Waals surface area contributed by atoms with Gasteiger partial charge < -0.3 is 15.7 Å². The third-order valence-electron chi connectivity index (χ3n) is 3.88. The number of nitrogens with two attached hydrogens (primary N) is 1. The van der Waals surface area contributed by atoms with Crippen LogP contribution in [0, 0.1) is 0 Å². The van der Waals surface area contributed by atoms with E-state index in [1.807, 2.05) is 12.1 Å². The molecule has 21 heavy (non-hydrogen) atoms. The molecule has 1 heterocycles. The van der Waals surface area contributed by atoms with E-state index >= 15 is 0 Å². The van der Waals surface area contributed by atoms with Gasteiger partial charge in [-0.3, -0.25) is 5.10 Å². The Hall–Kier alpha value is -1.73. The lowest BCUT2D eigenvalue weighted by Gasteiger charge is -2.36. The van der Waals surface area contributed by atoms with Gasteiger partial charge in [0.2, 0.25) is 5.95 Å². The topological polar surface area (TPSA) is 91.1 Å². The van der Waals surface area contributed by atoms with Gasteiger partial charge in [0, 0.05) is 11.3 Å². The Morgan fingerprint density at radius 2 is 2.14 bits per heavy atom. The van der Waals surface area contributed by atoms with Crippen molar-refractivity contribution in [2.75, 3.05) is 19.8 Å². The number of hydrogen-bond donors (Lipinski definition) is 3. The Kier molecular flexibility index (Phi) is 3.77. The summed E-state index contributed by atoms with van der Waals surface area (Å²) in [4.78, 5) is 6.41. The van der Waals surface area contributed by atoms with E-state index < -0.39 is 0 Å². The number of fused-ring (bicyclic) bond motifs is 1. The molecule has 0 saturated heterocycles. The molecule has 2 atom stereocenters. The summed E-state index contributed by atoms with van der Waals surface area (Å²) in [6, 6.07) is 6.01. The minimum absolute atomic E-state index is 0.278. The fraction of sp³-hybridized carbons (Fsp3) is 0.429. The summed E-state index contributed by atoms with van der Waals surface area (Å²) in [6.45, 7) is 0. The molecular formula is C14H19N5OS. The molecule has 1 aromatic heterocycles. The zero-order valence-corrected chi connectivity index (χ0v) is 12.9. The van der Waals surface area contributed by atoms with Crippen LogP contribution in [0.1, 0.15) is 11.1 Å². The van der Waals surface area contributed by atoms with Crippen LogP contribution in [0.5, 0.6) is 5.75 Å². The molecule has 0 aliphatic heterocycles. The summed E-state index contributed by atoms with van der Waals surface area (Å²) in [5, 5.41) is 17.5. The number of aromatic hydroxyl groups is 1. The Morgan fingerprint density at radius 1 is 1.33 bits per heavy atom. The predicted octanol–water partition coefficient (Wildman–Crippen LogP) is 1.28. The molecule has 0 radical (unpaired) electrons. The van der Waals surface area contributed by atoms with Crippen molar-refractivity contribution in [3.05, 3.63) is 29.3 Å². The maximum atomic E-state index is 9.66. The molecule has 7 heteroatoms. The van der Waals surface area contributed by atoms with Gasteiger partial charge in [0.05, 0.1) is 0 Å². The number of benzene rings is 1. The highest BCUT2D eigenvalue weighted by Crippen LogP contribution is 2.35. The van der Waals surface area contributed by atoms with E-state index in [4.69, 9.17) is 5.73 Å². The summed E-state index contributed by atoms with van der Waals surface area (Å²) in [5.74, 6) is 0.611. The van der Waals surface area contributed by atoms with Gasteiger partial charge in [0.25, 0.3) is 0 Å². The summed E-state index contributed by atoms with van der Waals surface area (Å²) >= 11 is 1.68. The van der Waals surface area contributed by atoms with Crippen LogP contribution in [0.4, 0.5) is 5.95 Å². The van der Waals surface area contributed by atoms with Gasteiger partial charge in [-0.1, -0.05) is 17.8 Å². The molecule has 2 unspecified atom stereocenters. The third-order valence-corrected chi connectivity index (χ3v) is 5.07. The number of hydrogen-bond acceptors (Lipinski definition) is 6. The lowest BCUT2D eigenvalue weighted by molar-refractivity contribution is 0.274. The highest BCUT2D eigenvalue weighted by molar-refractivity contribution is 7.99. The Labute approximate surface area is 127 Å². The van der Waals surface area contributed by atoms with Gasteiger partial charge in [-0.25, -0.2) is 0 Å². The maximum absolute atomic E-state index is 9.66. The number of thioether (sulfide) groups is 1. The molecule has 2 aromatic rings. The average Bonchev–Trinajstić information content (AvgIpc) is 2.83. The first-order chi connectivity index (χ1) is 10.0. The van der Waals surface area contributed by atoms with Crippen LogP contribution in [0.15, 0.2) is 23.4 Å². The van der Waals surface area contributed by atoms with Gasteiger partial charge in [-0.15, -0.1) is 5.10 Å². The van der Waals surface area contributed by atoms with E-state index in [2.05, 4.69) is 34.2 Å². The molecule has 1 aliphatic rings. The van der Waals surface area contributed by atoms with Gasteiger partial charge in [0.15, 0.2) is 5.16 Å². The second-order valence-corrected chi connectivity index (χ2v) is 6.78. The molecule has 3 rings (SSSR count). The quantitative estimate of drug-likeness (QED) is 0.791. The first-order valence-corrected chi connectivity index (χ1v) is 7.72. The number of nitrogens with zero attached hydrogens (tertiary/aromatic N) is 3. The molecule has 0 amide bonds. The molecule has 1 aromatic carbocycles. The average molecular weight is 305 g/mol. The summed E-state index contributed by atoms with van der Waals surface area (Å²) < 4.78 is 0. The zero-order valence-electron chi connectivity index (χ0n) is 12.1. The lowest BCUT2D eigenvalue weighted by atomic mass is 9.87. The van der Waals surface area contributed by atoms with Crippen molar-refractivity contribution in [2.24, 2.45) is 0 Å². The standard InChI is InChI=1S/C14H19N5OS/c1-19(2)11-6-9-5-10(20)4-3-8(9)7-12(11)21-14-16-13(15)17-18-14/h3-5,11-12,20H,6-7H2,1-2H3,(H3,15,16,17,18). The van der Waals surface area contributed by atoms with E-state index in [1.54, 1.807) is 17.8 Å². The normalized spacial score (nSPS) is 21.5. The molecular weight excluding hydrogens is 286 g/mol. The smallest absolute Gasteiger partial charge is 0.240 e. The number of nitrogen functional groups attached to an aromatic ring is 1. The van der Waals surface area contributed by atoms with Crippen LogP contribution in [0.3, 0.4) is 0 Å². The second kappa shape index (κ2) is 5.57. The Morgan fingerprint density at radius 3 is 2.81 bits per heavy atom. The highest BCUT2D eigenvalue weighted by Gasteiger charge is 2.31. The summed E-state index contributed by atoms with van der Waals surface area (Å²) in [6.07, 6.45) is 1.85. The second-order valence-electron chi connectivity index (χ2n) is 5.55. The monoisotopic (exact) mass is 305 g/mol. The number of aromatic amines is 1. The van der Waals surface area contributed by atoms with Crippen LogP contribution in [-0.4, -0.2) is 50.6 Å². The van der Waals surface area contributed by atoms with Crippen molar-refractivity contribution in [3.8, 4) is 5.75 Å². The van der Waals surface area contributed by atoms with E-state index in [0.29, 0.717) is 17.0 Å². The van der Waals surface area contributed by atoms with Gasteiger partial charge in [0.1, 0.15) is 5.75 Å².